The highest BCUT2D eigenvalue weighted by Gasteiger charge is 2.07. The second-order valence-corrected chi connectivity index (χ2v) is 4.05. The lowest BCUT2D eigenvalue weighted by molar-refractivity contribution is 0.0526. The van der Waals surface area contributed by atoms with Gasteiger partial charge in [-0.05, 0) is 24.6 Å². The number of rotatable bonds is 3. The molecule has 82 valence electrons. The lowest BCUT2D eigenvalue weighted by Gasteiger charge is -2.03. The molecule has 0 aliphatic carbocycles. The average Bonchev–Trinajstić information content (AvgIpc) is 2.83. The molecule has 16 heavy (non-hydrogen) atoms. The normalized spacial score (nSPS) is 10.1. The molecule has 0 aliphatic heterocycles. The number of nitrogens with zero attached hydrogens (tertiary/aromatic N) is 1. The molecule has 1 heterocycles. The average molecular weight is 233 g/mol. The number of esters is 1. The minimum atomic E-state index is -0.283. The first-order valence-electron chi connectivity index (χ1n) is 4.97. The zero-order valence-corrected chi connectivity index (χ0v) is 9.66. The lowest BCUT2D eigenvalue weighted by Crippen LogP contribution is -2.04. The van der Waals surface area contributed by atoms with Gasteiger partial charge in [0.2, 0.25) is 0 Å². The highest BCUT2D eigenvalue weighted by Crippen LogP contribution is 2.24. The number of ether oxygens (including phenoxy) is 1. The van der Waals surface area contributed by atoms with Crippen LogP contribution in [0.1, 0.15) is 17.3 Å². The molecular formula is C12H11NO2S. The first-order valence-corrected chi connectivity index (χ1v) is 5.85. The van der Waals surface area contributed by atoms with Crippen molar-refractivity contribution in [2.24, 2.45) is 0 Å². The molecule has 1 aromatic heterocycles. The van der Waals surface area contributed by atoms with Gasteiger partial charge in [0.15, 0.2) is 0 Å². The lowest BCUT2D eigenvalue weighted by atomic mass is 10.1. The largest absolute Gasteiger partial charge is 0.462 e. The Kier molecular flexibility index (Phi) is 3.31. The Morgan fingerprint density at radius 2 is 2.38 bits per heavy atom. The molecule has 4 heteroatoms. The second-order valence-electron chi connectivity index (χ2n) is 3.17. The molecule has 0 bridgehead atoms. The Balaban J connectivity index is 2.30. The van der Waals surface area contributed by atoms with Crippen molar-refractivity contribution in [2.45, 2.75) is 6.92 Å². The first-order chi connectivity index (χ1) is 7.81. The topological polar surface area (TPSA) is 39.2 Å². The number of carbonyl (C=O) groups is 1. The SMILES string of the molecule is CCOC(=O)c1cccc(-c2cncs2)c1. The van der Waals surface area contributed by atoms with Gasteiger partial charge < -0.3 is 4.74 Å². The zero-order chi connectivity index (χ0) is 11.4. The quantitative estimate of drug-likeness (QED) is 0.765. The predicted octanol–water partition coefficient (Wildman–Crippen LogP) is 2.99. The molecule has 1 aromatic carbocycles. The van der Waals surface area contributed by atoms with Crippen LogP contribution in [0, 0.1) is 0 Å². The Morgan fingerprint density at radius 3 is 3.06 bits per heavy atom. The molecule has 0 atom stereocenters. The summed E-state index contributed by atoms with van der Waals surface area (Å²) in [6, 6.07) is 7.38. The van der Waals surface area contributed by atoms with E-state index in [0.29, 0.717) is 12.2 Å². The summed E-state index contributed by atoms with van der Waals surface area (Å²) in [5.41, 5.74) is 3.34. The van der Waals surface area contributed by atoms with Crippen LogP contribution in [0.3, 0.4) is 0 Å². The van der Waals surface area contributed by atoms with E-state index in [2.05, 4.69) is 4.98 Å². The summed E-state index contributed by atoms with van der Waals surface area (Å²) in [6.45, 7) is 2.19. The molecule has 2 rings (SSSR count). The molecule has 0 saturated carbocycles. The van der Waals surface area contributed by atoms with Crippen LogP contribution < -0.4 is 0 Å². The van der Waals surface area contributed by atoms with E-state index in [0.717, 1.165) is 10.4 Å². The maximum atomic E-state index is 11.5. The van der Waals surface area contributed by atoms with Crippen LogP contribution in [0.2, 0.25) is 0 Å². The van der Waals surface area contributed by atoms with Gasteiger partial charge in [0.05, 0.1) is 22.6 Å². The monoisotopic (exact) mass is 233 g/mol. The van der Waals surface area contributed by atoms with Gasteiger partial charge >= 0.3 is 5.97 Å². The van der Waals surface area contributed by atoms with Gasteiger partial charge in [-0.25, -0.2) is 4.79 Å². The molecule has 0 amide bonds. The molecular weight excluding hydrogens is 222 g/mol. The number of aromatic nitrogens is 1. The Morgan fingerprint density at radius 1 is 1.50 bits per heavy atom. The van der Waals surface area contributed by atoms with Crippen molar-refractivity contribution in [1.82, 2.24) is 4.98 Å². The predicted molar refractivity (Wildman–Crippen MR) is 63.5 cm³/mol. The third kappa shape index (κ3) is 2.28. The summed E-state index contributed by atoms with van der Waals surface area (Å²) < 4.78 is 4.95. The standard InChI is InChI=1S/C12H11NO2S/c1-2-15-12(14)10-5-3-4-9(6-10)11-7-13-8-16-11/h3-8H,2H2,1H3. The fourth-order valence-corrected chi connectivity index (χ4v) is 1.99. The van der Waals surface area contributed by atoms with E-state index in [9.17, 15) is 4.79 Å². The molecule has 0 unspecified atom stereocenters. The van der Waals surface area contributed by atoms with Crippen molar-refractivity contribution in [3.63, 3.8) is 0 Å². The van der Waals surface area contributed by atoms with E-state index < -0.39 is 0 Å². The molecule has 0 aliphatic rings. The van der Waals surface area contributed by atoms with E-state index in [-0.39, 0.29) is 5.97 Å². The molecule has 0 radical (unpaired) electrons. The summed E-state index contributed by atoms with van der Waals surface area (Å²) in [7, 11) is 0. The van der Waals surface area contributed by atoms with Gasteiger partial charge in [0, 0.05) is 6.20 Å². The molecule has 0 fully saturated rings. The number of hydrogen-bond acceptors (Lipinski definition) is 4. The van der Waals surface area contributed by atoms with Gasteiger partial charge in [-0.3, -0.25) is 4.98 Å². The number of benzene rings is 1. The molecule has 0 saturated heterocycles. The Bertz CT molecular complexity index is 480. The minimum Gasteiger partial charge on any atom is -0.462 e. The number of carbonyl (C=O) groups excluding carboxylic acids is 1. The van der Waals surface area contributed by atoms with E-state index in [4.69, 9.17) is 4.74 Å². The van der Waals surface area contributed by atoms with Gasteiger partial charge in [0.25, 0.3) is 0 Å². The summed E-state index contributed by atoms with van der Waals surface area (Å²) in [4.78, 5) is 16.6. The fraction of sp³-hybridized carbons (Fsp3) is 0.167. The smallest absolute Gasteiger partial charge is 0.338 e. The third-order valence-electron chi connectivity index (χ3n) is 2.09. The summed E-state index contributed by atoms with van der Waals surface area (Å²) in [5.74, 6) is -0.283. The van der Waals surface area contributed by atoms with E-state index in [1.54, 1.807) is 36.0 Å². The van der Waals surface area contributed by atoms with Crippen molar-refractivity contribution in [2.75, 3.05) is 6.61 Å². The maximum absolute atomic E-state index is 11.5. The van der Waals surface area contributed by atoms with Gasteiger partial charge in [-0.1, -0.05) is 12.1 Å². The summed E-state index contributed by atoms with van der Waals surface area (Å²) in [6.07, 6.45) is 1.79. The van der Waals surface area contributed by atoms with E-state index in [1.807, 2.05) is 18.2 Å². The van der Waals surface area contributed by atoms with E-state index in [1.165, 1.54) is 0 Å². The van der Waals surface area contributed by atoms with Crippen LogP contribution in [0.15, 0.2) is 36.0 Å². The maximum Gasteiger partial charge on any atom is 0.338 e. The summed E-state index contributed by atoms with van der Waals surface area (Å²) in [5, 5.41) is 0. The second kappa shape index (κ2) is 4.90. The fourth-order valence-electron chi connectivity index (χ4n) is 1.37. The first kappa shape index (κ1) is 10.8. The van der Waals surface area contributed by atoms with Gasteiger partial charge in [0.1, 0.15) is 0 Å². The van der Waals surface area contributed by atoms with Crippen LogP contribution in [-0.4, -0.2) is 17.6 Å². The van der Waals surface area contributed by atoms with Crippen LogP contribution in [0.25, 0.3) is 10.4 Å². The van der Waals surface area contributed by atoms with Crippen LogP contribution >= 0.6 is 11.3 Å². The van der Waals surface area contributed by atoms with Crippen LogP contribution in [-0.2, 0) is 4.74 Å². The van der Waals surface area contributed by atoms with Crippen molar-refractivity contribution >= 4 is 17.3 Å². The van der Waals surface area contributed by atoms with Gasteiger partial charge in [-0.15, -0.1) is 11.3 Å². The van der Waals surface area contributed by atoms with Gasteiger partial charge in [-0.2, -0.15) is 0 Å². The van der Waals surface area contributed by atoms with Crippen LogP contribution in [0.5, 0.6) is 0 Å². The molecule has 0 spiro atoms. The Hall–Kier alpha value is -1.68. The van der Waals surface area contributed by atoms with Crippen LogP contribution in [0.4, 0.5) is 0 Å². The van der Waals surface area contributed by atoms with Crippen molar-refractivity contribution in [1.29, 1.82) is 0 Å². The Labute approximate surface area is 97.7 Å². The third-order valence-corrected chi connectivity index (χ3v) is 2.91. The number of hydrogen-bond donors (Lipinski definition) is 0. The molecule has 3 nitrogen and oxygen atoms in total. The van der Waals surface area contributed by atoms with Crippen molar-refractivity contribution in [3.05, 3.63) is 41.5 Å². The van der Waals surface area contributed by atoms with Crippen molar-refractivity contribution < 1.29 is 9.53 Å². The molecule has 2 aromatic rings. The highest BCUT2D eigenvalue weighted by molar-refractivity contribution is 7.13. The molecule has 0 N–H and O–H groups in total. The number of thiazole rings is 1. The summed E-state index contributed by atoms with van der Waals surface area (Å²) >= 11 is 1.55. The highest BCUT2D eigenvalue weighted by atomic mass is 32.1. The van der Waals surface area contributed by atoms with E-state index >= 15 is 0 Å². The minimum absolute atomic E-state index is 0.283. The zero-order valence-electron chi connectivity index (χ0n) is 8.84. The van der Waals surface area contributed by atoms with Crippen molar-refractivity contribution in [3.8, 4) is 10.4 Å².